The van der Waals surface area contributed by atoms with E-state index in [-0.39, 0.29) is 0 Å². The van der Waals surface area contributed by atoms with Crippen LogP contribution in [0.4, 0.5) is 4.39 Å². The number of likely N-dealkylation sites (tertiary alicyclic amines) is 1. The van der Waals surface area contributed by atoms with Crippen molar-refractivity contribution in [3.63, 3.8) is 0 Å². The van der Waals surface area contributed by atoms with Crippen LogP contribution in [0.15, 0.2) is 0 Å². The summed E-state index contributed by atoms with van der Waals surface area (Å²) in [6.45, 7) is 1.78. The summed E-state index contributed by atoms with van der Waals surface area (Å²) in [6.07, 6.45) is 1.32. The van der Waals surface area contributed by atoms with Crippen molar-refractivity contribution in [2.75, 3.05) is 20.1 Å². The Bertz CT molecular complexity index is 95.2. The van der Waals surface area contributed by atoms with Gasteiger partial charge in [0, 0.05) is 13.1 Å². The number of rotatable bonds is 0. The molecule has 1 aliphatic heterocycles. The van der Waals surface area contributed by atoms with E-state index in [2.05, 4.69) is 14.1 Å². The zero-order valence-corrected chi connectivity index (χ0v) is 6.89. The number of hydrogen-bond donors (Lipinski definition) is 0. The van der Waals surface area contributed by atoms with Crippen molar-refractivity contribution in [1.29, 1.82) is 0 Å². The van der Waals surface area contributed by atoms with Crippen molar-refractivity contribution in [3.05, 3.63) is 0 Å². The average Bonchev–Trinajstić information content (AvgIpc) is 1.78. The molecule has 1 saturated heterocycles. The predicted octanol–water partition coefficient (Wildman–Crippen LogP) is 1.25. The van der Waals surface area contributed by atoms with Gasteiger partial charge in [-0.2, -0.15) is 0 Å². The van der Waals surface area contributed by atoms with Crippen LogP contribution >= 0.6 is 9.24 Å². The van der Waals surface area contributed by atoms with E-state index in [4.69, 9.17) is 0 Å². The summed E-state index contributed by atoms with van der Waals surface area (Å²) in [4.78, 5) is 2.15. The second-order valence-electron chi connectivity index (χ2n) is 2.84. The number of piperidine rings is 1. The molecule has 1 nitrogen and oxygen atoms in total. The third kappa shape index (κ3) is 2.19. The molecule has 0 aromatic heterocycles. The van der Waals surface area contributed by atoms with Crippen molar-refractivity contribution in [3.8, 4) is 0 Å². The van der Waals surface area contributed by atoms with Gasteiger partial charge in [-0.15, -0.1) is 0 Å². The Morgan fingerprint density at radius 3 is 2.22 bits per heavy atom. The van der Waals surface area contributed by atoms with Crippen molar-refractivity contribution >= 4 is 9.24 Å². The molecule has 1 unspecified atom stereocenters. The summed E-state index contributed by atoms with van der Waals surface area (Å²) in [5.74, 6) is 0. The predicted molar refractivity (Wildman–Crippen MR) is 40.3 cm³/mol. The first-order valence-electron chi connectivity index (χ1n) is 3.26. The van der Waals surface area contributed by atoms with E-state index in [0.717, 1.165) is 13.1 Å². The van der Waals surface area contributed by atoms with Crippen molar-refractivity contribution in [1.82, 2.24) is 4.90 Å². The fourth-order valence-corrected chi connectivity index (χ4v) is 1.25. The molecule has 0 aromatic rings. The van der Waals surface area contributed by atoms with Crippen LogP contribution in [0.5, 0.6) is 0 Å². The zero-order valence-electron chi connectivity index (χ0n) is 5.73. The SMILES string of the molecule is CN1CCC(F)(P)CC1. The molecule has 0 radical (unpaired) electrons. The molecule has 0 amide bonds. The zero-order chi connectivity index (χ0) is 6.91. The minimum absolute atomic E-state index is 0.661. The van der Waals surface area contributed by atoms with Gasteiger partial charge in [-0.3, -0.25) is 0 Å². The van der Waals surface area contributed by atoms with Crippen molar-refractivity contribution in [2.24, 2.45) is 0 Å². The highest BCUT2D eigenvalue weighted by Crippen LogP contribution is 2.31. The van der Waals surface area contributed by atoms with E-state index in [1.54, 1.807) is 0 Å². The molecule has 3 heteroatoms. The van der Waals surface area contributed by atoms with E-state index < -0.39 is 5.41 Å². The fraction of sp³-hybridized carbons (Fsp3) is 1.00. The first kappa shape index (κ1) is 7.43. The lowest BCUT2D eigenvalue weighted by molar-refractivity contribution is 0.147. The lowest BCUT2D eigenvalue weighted by Crippen LogP contribution is -2.35. The molecule has 1 aliphatic rings. The maximum Gasteiger partial charge on any atom is 0.126 e. The highest BCUT2D eigenvalue weighted by molar-refractivity contribution is 7.18. The Kier molecular flexibility index (Phi) is 2.07. The minimum atomic E-state index is -0.966. The second kappa shape index (κ2) is 2.51. The normalized spacial score (nSPS) is 28.3. The lowest BCUT2D eigenvalue weighted by atomic mass is 10.1. The minimum Gasteiger partial charge on any atom is -0.306 e. The van der Waals surface area contributed by atoms with E-state index in [9.17, 15) is 4.39 Å². The largest absolute Gasteiger partial charge is 0.306 e. The summed E-state index contributed by atoms with van der Waals surface area (Å²) in [6, 6.07) is 0. The van der Waals surface area contributed by atoms with Crippen molar-refractivity contribution in [2.45, 2.75) is 18.3 Å². The molecular weight excluding hydrogens is 136 g/mol. The van der Waals surface area contributed by atoms with Gasteiger partial charge in [0.25, 0.3) is 0 Å². The van der Waals surface area contributed by atoms with Crippen LogP contribution in [0.1, 0.15) is 12.8 Å². The molecule has 0 aliphatic carbocycles. The van der Waals surface area contributed by atoms with Gasteiger partial charge in [0.1, 0.15) is 5.41 Å². The van der Waals surface area contributed by atoms with Gasteiger partial charge in [-0.1, -0.05) is 9.24 Å². The summed E-state index contributed by atoms with van der Waals surface area (Å²) < 4.78 is 13.0. The molecule has 0 spiro atoms. The number of hydrogen-bond acceptors (Lipinski definition) is 1. The number of halogens is 1. The Morgan fingerprint density at radius 2 is 1.89 bits per heavy atom. The van der Waals surface area contributed by atoms with Crippen LogP contribution < -0.4 is 0 Å². The van der Waals surface area contributed by atoms with Crippen molar-refractivity contribution < 1.29 is 4.39 Å². The van der Waals surface area contributed by atoms with Gasteiger partial charge in [-0.25, -0.2) is 4.39 Å². The van der Waals surface area contributed by atoms with Crippen LogP contribution in [0, 0.1) is 0 Å². The summed E-state index contributed by atoms with van der Waals surface area (Å²) in [5.41, 5.74) is 0. The molecule has 0 bridgehead atoms. The number of nitrogens with zero attached hydrogens (tertiary/aromatic N) is 1. The number of alkyl halides is 1. The van der Waals surface area contributed by atoms with Gasteiger partial charge in [0.05, 0.1) is 0 Å². The molecule has 0 N–H and O–H groups in total. The van der Waals surface area contributed by atoms with Crippen LogP contribution in [-0.4, -0.2) is 30.4 Å². The van der Waals surface area contributed by atoms with Crippen LogP contribution in [0.3, 0.4) is 0 Å². The highest BCUT2D eigenvalue weighted by Gasteiger charge is 2.27. The van der Waals surface area contributed by atoms with Crippen LogP contribution in [-0.2, 0) is 0 Å². The third-order valence-corrected chi connectivity index (χ3v) is 2.40. The first-order valence-corrected chi connectivity index (χ1v) is 3.84. The maximum absolute atomic E-state index is 13.0. The van der Waals surface area contributed by atoms with E-state index in [1.807, 2.05) is 7.05 Å². The van der Waals surface area contributed by atoms with Gasteiger partial charge in [-0.05, 0) is 19.9 Å². The topological polar surface area (TPSA) is 3.24 Å². The molecule has 1 fully saturated rings. The molecule has 9 heavy (non-hydrogen) atoms. The van der Waals surface area contributed by atoms with Gasteiger partial charge >= 0.3 is 0 Å². The van der Waals surface area contributed by atoms with Gasteiger partial charge in [0.15, 0.2) is 0 Å². The second-order valence-corrected chi connectivity index (χ2v) is 3.87. The molecule has 54 valence electrons. The standard InChI is InChI=1S/C6H13FNP/c1-8-4-2-6(7,9)3-5-8/h2-5,9H2,1H3. The van der Waals surface area contributed by atoms with Gasteiger partial charge < -0.3 is 4.90 Å². The Morgan fingerprint density at radius 1 is 1.44 bits per heavy atom. The maximum atomic E-state index is 13.0. The fourth-order valence-electron chi connectivity index (χ4n) is 0.990. The summed E-state index contributed by atoms with van der Waals surface area (Å²) in [7, 11) is 4.31. The molecule has 0 saturated carbocycles. The van der Waals surface area contributed by atoms with Crippen LogP contribution in [0.2, 0.25) is 0 Å². The monoisotopic (exact) mass is 149 g/mol. The molecule has 1 heterocycles. The Labute approximate surface area is 57.8 Å². The quantitative estimate of drug-likeness (QED) is 0.468. The lowest BCUT2D eigenvalue weighted by Gasteiger charge is -2.31. The van der Waals surface area contributed by atoms with E-state index in [1.165, 1.54) is 0 Å². The molecule has 1 rings (SSSR count). The van der Waals surface area contributed by atoms with Crippen LogP contribution in [0.25, 0.3) is 0 Å². The Hall–Kier alpha value is 0.320. The third-order valence-electron chi connectivity index (χ3n) is 1.82. The molecule has 1 atom stereocenters. The molecular formula is C6H13FNP. The summed E-state index contributed by atoms with van der Waals surface area (Å²) >= 11 is 0. The smallest absolute Gasteiger partial charge is 0.126 e. The molecule has 0 aromatic carbocycles. The highest BCUT2D eigenvalue weighted by atomic mass is 31.0. The Balaban J connectivity index is 2.35. The average molecular weight is 149 g/mol. The summed E-state index contributed by atoms with van der Waals surface area (Å²) in [5, 5.41) is -0.966. The first-order chi connectivity index (χ1) is 4.10. The van der Waals surface area contributed by atoms with E-state index in [0.29, 0.717) is 12.8 Å². The van der Waals surface area contributed by atoms with E-state index >= 15 is 0 Å². The van der Waals surface area contributed by atoms with Gasteiger partial charge in [0.2, 0.25) is 0 Å².